The van der Waals surface area contributed by atoms with Gasteiger partial charge in [-0.3, -0.25) is 0 Å². The van der Waals surface area contributed by atoms with Gasteiger partial charge in [-0.25, -0.2) is 0 Å². The number of hydrogen-bond acceptors (Lipinski definition) is 2. The molecule has 0 bridgehead atoms. The molecule has 2 nitrogen and oxygen atoms in total. The van der Waals surface area contributed by atoms with Crippen molar-refractivity contribution in [2.75, 3.05) is 6.61 Å². The van der Waals surface area contributed by atoms with Crippen LogP contribution in [0.2, 0.25) is 0 Å². The van der Waals surface area contributed by atoms with Crippen molar-refractivity contribution in [3.05, 3.63) is 12.8 Å². The molecule has 0 rings (SSSR count). The van der Waals surface area contributed by atoms with Crippen LogP contribution in [0, 0.1) is 0 Å². The molecule has 0 saturated carbocycles. The topological polar surface area (TPSA) is 18.5 Å². The van der Waals surface area contributed by atoms with E-state index in [2.05, 4.69) is 20.4 Å². The Balaban J connectivity index is 3.38. The van der Waals surface area contributed by atoms with Crippen LogP contribution in [-0.4, -0.2) is 12.9 Å². The lowest BCUT2D eigenvalue weighted by Crippen LogP contribution is -2.15. The van der Waals surface area contributed by atoms with Gasteiger partial charge in [-0.15, -0.1) is 0 Å². The molecule has 1 unspecified atom stereocenters. The van der Waals surface area contributed by atoms with Gasteiger partial charge in [0.25, 0.3) is 0 Å². The van der Waals surface area contributed by atoms with Crippen molar-refractivity contribution in [2.45, 2.75) is 136 Å². The Kier molecular flexibility index (Phi) is 22.1. The summed E-state index contributed by atoms with van der Waals surface area (Å²) in [5.74, 6) is 0. The fourth-order valence-corrected chi connectivity index (χ4v) is 3.37. The van der Waals surface area contributed by atoms with Crippen LogP contribution >= 0.6 is 0 Å². The van der Waals surface area contributed by atoms with Gasteiger partial charge in [-0.2, -0.15) is 0 Å². The highest BCUT2D eigenvalue weighted by molar-refractivity contribution is 4.56. The van der Waals surface area contributed by atoms with E-state index in [4.69, 9.17) is 9.47 Å². The molecule has 0 aromatic rings. The molecule has 0 N–H and O–H groups in total. The summed E-state index contributed by atoms with van der Waals surface area (Å²) in [6.45, 7) is 9.03. The second kappa shape index (κ2) is 22.5. The Morgan fingerprint density at radius 1 is 0.615 bits per heavy atom. The predicted molar refractivity (Wildman–Crippen MR) is 115 cm³/mol. The molecule has 0 heterocycles. The van der Waals surface area contributed by atoms with Crippen molar-refractivity contribution in [1.82, 2.24) is 0 Å². The summed E-state index contributed by atoms with van der Waals surface area (Å²) in [6.07, 6.45) is 25.4. The van der Waals surface area contributed by atoms with E-state index in [1.54, 1.807) is 0 Å². The summed E-state index contributed by atoms with van der Waals surface area (Å²) < 4.78 is 11.4. The molecule has 0 amide bonds. The van der Waals surface area contributed by atoms with Gasteiger partial charge in [-0.05, 0) is 12.8 Å². The Morgan fingerprint density at radius 2 is 1.04 bits per heavy atom. The van der Waals surface area contributed by atoms with Crippen LogP contribution in [0.5, 0.6) is 0 Å². The predicted octanol–water partition coefficient (Wildman–Crippen LogP) is 8.55. The Labute approximate surface area is 165 Å². The fraction of sp³-hybridized carbons (Fsp3) is 0.917. The molecular formula is C24H48O2. The van der Waals surface area contributed by atoms with E-state index in [-0.39, 0.29) is 6.29 Å². The minimum atomic E-state index is -0.0817. The van der Waals surface area contributed by atoms with Crippen molar-refractivity contribution in [3.63, 3.8) is 0 Å². The molecule has 0 aliphatic heterocycles. The van der Waals surface area contributed by atoms with Gasteiger partial charge in [-0.1, -0.05) is 117 Å². The average molecular weight is 369 g/mol. The Hall–Kier alpha value is -0.500. The normalized spacial score (nSPS) is 12.2. The van der Waals surface area contributed by atoms with E-state index in [1.807, 2.05) is 0 Å². The van der Waals surface area contributed by atoms with Gasteiger partial charge < -0.3 is 9.47 Å². The summed E-state index contributed by atoms with van der Waals surface area (Å²) in [5.41, 5.74) is 0. The third-order valence-electron chi connectivity index (χ3n) is 5.09. The van der Waals surface area contributed by atoms with Crippen molar-refractivity contribution in [2.24, 2.45) is 0 Å². The van der Waals surface area contributed by atoms with Crippen LogP contribution in [0.15, 0.2) is 12.8 Å². The van der Waals surface area contributed by atoms with Gasteiger partial charge in [0.2, 0.25) is 0 Å². The zero-order valence-corrected chi connectivity index (χ0v) is 18.1. The Morgan fingerprint density at radius 3 is 1.50 bits per heavy atom. The van der Waals surface area contributed by atoms with Crippen molar-refractivity contribution < 1.29 is 9.47 Å². The molecule has 2 heteroatoms. The van der Waals surface area contributed by atoms with Crippen LogP contribution in [0.25, 0.3) is 0 Å². The first-order valence-corrected chi connectivity index (χ1v) is 11.7. The SMILES string of the molecule is C=COC(CCCCCCCCCCCCCC)OCCCCCCC. The van der Waals surface area contributed by atoms with E-state index in [0.717, 1.165) is 19.4 Å². The number of rotatable bonds is 22. The minimum absolute atomic E-state index is 0.0817. The molecule has 0 aromatic heterocycles. The first-order chi connectivity index (χ1) is 12.8. The van der Waals surface area contributed by atoms with Crippen LogP contribution in [-0.2, 0) is 9.47 Å². The average Bonchev–Trinajstić information content (AvgIpc) is 2.65. The lowest BCUT2D eigenvalue weighted by molar-refractivity contribution is -0.111. The summed E-state index contributed by atoms with van der Waals surface area (Å²) in [6, 6.07) is 0. The molecule has 26 heavy (non-hydrogen) atoms. The molecule has 156 valence electrons. The van der Waals surface area contributed by atoms with E-state index >= 15 is 0 Å². The van der Waals surface area contributed by atoms with Crippen LogP contribution in [0.3, 0.4) is 0 Å². The minimum Gasteiger partial charge on any atom is -0.473 e. The van der Waals surface area contributed by atoms with Gasteiger partial charge in [0.05, 0.1) is 12.9 Å². The van der Waals surface area contributed by atoms with Crippen molar-refractivity contribution >= 4 is 0 Å². The van der Waals surface area contributed by atoms with Crippen LogP contribution in [0.4, 0.5) is 0 Å². The molecule has 1 atom stereocenters. The zero-order chi connectivity index (χ0) is 19.1. The zero-order valence-electron chi connectivity index (χ0n) is 18.1. The van der Waals surface area contributed by atoms with Gasteiger partial charge in [0.15, 0.2) is 6.29 Å². The first-order valence-electron chi connectivity index (χ1n) is 11.7. The largest absolute Gasteiger partial charge is 0.473 e. The van der Waals surface area contributed by atoms with Crippen molar-refractivity contribution in [3.8, 4) is 0 Å². The standard InChI is InChI=1S/C24H48O2/c1-4-7-9-11-12-13-14-15-16-17-18-20-22-24(25-6-3)26-23-21-19-10-8-5-2/h6,24H,3-5,7-23H2,1-2H3. The third-order valence-corrected chi connectivity index (χ3v) is 5.09. The second-order valence-corrected chi connectivity index (χ2v) is 7.70. The number of hydrogen-bond donors (Lipinski definition) is 0. The van der Waals surface area contributed by atoms with Crippen LogP contribution in [0.1, 0.15) is 129 Å². The van der Waals surface area contributed by atoms with E-state index < -0.39 is 0 Å². The molecule has 0 aromatic carbocycles. The van der Waals surface area contributed by atoms with E-state index in [9.17, 15) is 0 Å². The highest BCUT2D eigenvalue weighted by atomic mass is 16.7. The smallest absolute Gasteiger partial charge is 0.198 e. The molecule has 0 aliphatic rings. The summed E-state index contributed by atoms with van der Waals surface area (Å²) in [7, 11) is 0. The second-order valence-electron chi connectivity index (χ2n) is 7.70. The lowest BCUT2D eigenvalue weighted by Gasteiger charge is -2.17. The van der Waals surface area contributed by atoms with Gasteiger partial charge in [0, 0.05) is 6.42 Å². The molecule has 0 radical (unpaired) electrons. The summed E-state index contributed by atoms with van der Waals surface area (Å²) in [5, 5.41) is 0. The van der Waals surface area contributed by atoms with E-state index in [1.165, 1.54) is 109 Å². The Bertz CT molecular complexity index is 265. The fourth-order valence-electron chi connectivity index (χ4n) is 3.37. The quantitative estimate of drug-likeness (QED) is 0.108. The first kappa shape index (κ1) is 25.5. The van der Waals surface area contributed by atoms with Crippen LogP contribution < -0.4 is 0 Å². The maximum Gasteiger partial charge on any atom is 0.198 e. The number of ether oxygens (including phenoxy) is 2. The maximum absolute atomic E-state index is 5.87. The molecule has 0 fully saturated rings. The maximum atomic E-state index is 5.87. The van der Waals surface area contributed by atoms with Gasteiger partial charge >= 0.3 is 0 Å². The highest BCUT2D eigenvalue weighted by Gasteiger charge is 2.07. The monoisotopic (exact) mass is 368 g/mol. The van der Waals surface area contributed by atoms with Crippen molar-refractivity contribution in [1.29, 1.82) is 0 Å². The summed E-state index contributed by atoms with van der Waals surface area (Å²) in [4.78, 5) is 0. The molecule has 0 aliphatic carbocycles. The lowest BCUT2D eigenvalue weighted by atomic mass is 10.0. The number of unbranched alkanes of at least 4 members (excludes halogenated alkanes) is 15. The molecule has 0 saturated heterocycles. The highest BCUT2D eigenvalue weighted by Crippen LogP contribution is 2.14. The molecular weight excluding hydrogens is 320 g/mol. The molecule has 0 spiro atoms. The summed E-state index contributed by atoms with van der Waals surface area (Å²) >= 11 is 0. The van der Waals surface area contributed by atoms with Gasteiger partial charge in [0.1, 0.15) is 0 Å². The third kappa shape index (κ3) is 19.8. The van der Waals surface area contributed by atoms with E-state index in [0.29, 0.717) is 0 Å².